The van der Waals surface area contributed by atoms with Crippen LogP contribution in [0.1, 0.15) is 55.3 Å². The number of aromatic nitrogens is 1. The van der Waals surface area contributed by atoms with E-state index >= 15 is 0 Å². The molecule has 2 aliphatic carbocycles. The molecular weight excluding hydrogens is 307 g/mol. The molecular formula is C19H19FN2O2. The van der Waals surface area contributed by atoms with E-state index in [0.717, 1.165) is 31.2 Å². The van der Waals surface area contributed by atoms with Gasteiger partial charge in [-0.25, -0.2) is 4.39 Å². The summed E-state index contributed by atoms with van der Waals surface area (Å²) < 4.78 is 14.3. The fraction of sp³-hybridized carbons (Fsp3) is 0.474. The predicted molar refractivity (Wildman–Crippen MR) is 87.2 cm³/mol. The minimum atomic E-state index is -0.975. The number of H-pyrrole nitrogens is 1. The Morgan fingerprint density at radius 2 is 2.21 bits per heavy atom. The SMILES string of the molecule is N#Cc1ccc(F)c2[nH]c3c(c12)CCCC3(CC1CCC1)C(=O)O. The third kappa shape index (κ3) is 1.99. The summed E-state index contributed by atoms with van der Waals surface area (Å²) in [6, 6.07) is 4.87. The van der Waals surface area contributed by atoms with Gasteiger partial charge in [-0.2, -0.15) is 5.26 Å². The van der Waals surface area contributed by atoms with Crippen molar-refractivity contribution < 1.29 is 14.3 Å². The van der Waals surface area contributed by atoms with E-state index in [-0.39, 0.29) is 5.52 Å². The average Bonchev–Trinajstić information content (AvgIpc) is 2.93. The zero-order valence-corrected chi connectivity index (χ0v) is 13.4. The van der Waals surface area contributed by atoms with Gasteiger partial charge in [0, 0.05) is 11.1 Å². The molecule has 4 rings (SSSR count). The van der Waals surface area contributed by atoms with Crippen LogP contribution in [-0.4, -0.2) is 16.1 Å². The molecule has 24 heavy (non-hydrogen) atoms. The highest BCUT2D eigenvalue weighted by Gasteiger charge is 2.47. The summed E-state index contributed by atoms with van der Waals surface area (Å²) in [5.41, 5.74) is 1.17. The van der Waals surface area contributed by atoms with Gasteiger partial charge in [0.25, 0.3) is 0 Å². The van der Waals surface area contributed by atoms with Crippen LogP contribution in [0.25, 0.3) is 10.9 Å². The fourth-order valence-electron chi connectivity index (χ4n) is 4.48. The number of benzene rings is 1. The molecule has 0 amide bonds. The Hall–Kier alpha value is -2.35. The molecule has 1 aromatic carbocycles. The minimum absolute atomic E-state index is 0.278. The highest BCUT2D eigenvalue weighted by Crippen LogP contribution is 2.48. The van der Waals surface area contributed by atoms with Crippen molar-refractivity contribution in [3.8, 4) is 6.07 Å². The van der Waals surface area contributed by atoms with Gasteiger partial charge in [0.1, 0.15) is 11.2 Å². The number of aromatic amines is 1. The number of carboxylic acids is 1. The number of nitrogens with one attached hydrogen (secondary N) is 1. The summed E-state index contributed by atoms with van der Waals surface area (Å²) in [6.45, 7) is 0. The topological polar surface area (TPSA) is 76.9 Å². The van der Waals surface area contributed by atoms with Gasteiger partial charge in [-0.1, -0.05) is 19.3 Å². The molecule has 0 saturated heterocycles. The number of rotatable bonds is 3. The highest BCUT2D eigenvalue weighted by atomic mass is 19.1. The molecule has 0 radical (unpaired) electrons. The quantitative estimate of drug-likeness (QED) is 0.894. The van der Waals surface area contributed by atoms with Gasteiger partial charge in [-0.3, -0.25) is 4.79 Å². The van der Waals surface area contributed by atoms with Crippen molar-refractivity contribution in [2.75, 3.05) is 0 Å². The zero-order chi connectivity index (χ0) is 16.9. The van der Waals surface area contributed by atoms with E-state index in [2.05, 4.69) is 11.1 Å². The molecule has 1 saturated carbocycles. The standard InChI is InChI=1S/C19H19FN2O2/c20-14-7-6-12(10-21)15-13-5-2-8-19(18(23)24,9-11-3-1-4-11)17(13)22-16(14)15/h6-7,11,22H,1-5,8-9H2,(H,23,24). The zero-order valence-electron chi connectivity index (χ0n) is 13.4. The molecule has 0 spiro atoms. The van der Waals surface area contributed by atoms with E-state index in [1.165, 1.54) is 12.1 Å². The summed E-state index contributed by atoms with van der Waals surface area (Å²) in [4.78, 5) is 15.3. The molecule has 1 aromatic heterocycles. The van der Waals surface area contributed by atoms with Gasteiger partial charge in [0.2, 0.25) is 0 Å². The number of hydrogen-bond acceptors (Lipinski definition) is 2. The van der Waals surface area contributed by atoms with Crippen LogP contribution >= 0.6 is 0 Å². The van der Waals surface area contributed by atoms with Crippen LogP contribution < -0.4 is 0 Å². The highest BCUT2D eigenvalue weighted by molar-refractivity contribution is 5.94. The van der Waals surface area contributed by atoms with Crippen LogP contribution in [0.3, 0.4) is 0 Å². The van der Waals surface area contributed by atoms with Gasteiger partial charge in [0.05, 0.1) is 17.1 Å². The first-order valence-corrected chi connectivity index (χ1v) is 8.54. The molecule has 2 N–H and O–H groups in total. The van der Waals surface area contributed by atoms with Crippen molar-refractivity contribution in [1.29, 1.82) is 5.26 Å². The molecule has 4 nitrogen and oxygen atoms in total. The maximum Gasteiger partial charge on any atom is 0.315 e. The Morgan fingerprint density at radius 1 is 1.42 bits per heavy atom. The normalized spacial score (nSPS) is 23.5. The van der Waals surface area contributed by atoms with Crippen molar-refractivity contribution in [3.63, 3.8) is 0 Å². The molecule has 2 aliphatic rings. The second-order valence-electron chi connectivity index (χ2n) is 7.18. The van der Waals surface area contributed by atoms with Crippen LogP contribution in [0.2, 0.25) is 0 Å². The Bertz CT molecular complexity index is 876. The van der Waals surface area contributed by atoms with Gasteiger partial charge >= 0.3 is 5.97 Å². The van der Waals surface area contributed by atoms with Gasteiger partial charge in [0.15, 0.2) is 0 Å². The van der Waals surface area contributed by atoms with Crippen molar-refractivity contribution in [2.45, 2.75) is 50.4 Å². The summed E-state index contributed by atoms with van der Waals surface area (Å²) in [5.74, 6) is -0.832. The van der Waals surface area contributed by atoms with E-state index in [0.29, 0.717) is 41.8 Å². The summed E-state index contributed by atoms with van der Waals surface area (Å²) in [5, 5.41) is 20.0. The molecule has 5 heteroatoms. The first-order chi connectivity index (χ1) is 11.6. The largest absolute Gasteiger partial charge is 0.481 e. The third-order valence-electron chi connectivity index (χ3n) is 5.91. The second kappa shape index (κ2) is 5.34. The van der Waals surface area contributed by atoms with E-state index in [1.54, 1.807) is 0 Å². The van der Waals surface area contributed by atoms with E-state index < -0.39 is 17.2 Å². The summed E-state index contributed by atoms with van der Waals surface area (Å²) in [6.07, 6.45) is 5.92. The molecule has 1 heterocycles. The lowest BCUT2D eigenvalue weighted by Crippen LogP contribution is -2.42. The predicted octanol–water partition coefficient (Wildman–Crippen LogP) is 4.03. The molecule has 124 valence electrons. The number of fused-ring (bicyclic) bond motifs is 3. The van der Waals surface area contributed by atoms with E-state index in [9.17, 15) is 19.6 Å². The number of carbonyl (C=O) groups is 1. The van der Waals surface area contributed by atoms with Crippen LogP contribution in [0, 0.1) is 23.1 Å². The molecule has 1 fully saturated rings. The van der Waals surface area contributed by atoms with Crippen molar-refractivity contribution in [2.24, 2.45) is 5.92 Å². The smallest absolute Gasteiger partial charge is 0.315 e. The Kier molecular flexibility index (Phi) is 3.38. The van der Waals surface area contributed by atoms with Crippen LogP contribution in [-0.2, 0) is 16.6 Å². The Balaban J connectivity index is 1.96. The number of carboxylic acid groups (broad SMARTS) is 1. The molecule has 2 aromatic rings. The number of nitriles is 1. The maximum absolute atomic E-state index is 14.3. The number of nitrogens with zero attached hydrogens (tertiary/aromatic N) is 1. The van der Waals surface area contributed by atoms with Gasteiger partial charge < -0.3 is 10.1 Å². The average molecular weight is 326 g/mol. The Labute approximate surface area is 139 Å². The maximum atomic E-state index is 14.3. The van der Waals surface area contributed by atoms with Gasteiger partial charge in [-0.15, -0.1) is 0 Å². The Morgan fingerprint density at radius 3 is 2.83 bits per heavy atom. The van der Waals surface area contributed by atoms with E-state index in [1.807, 2.05) is 0 Å². The lowest BCUT2D eigenvalue weighted by molar-refractivity contribution is -0.146. The monoisotopic (exact) mass is 326 g/mol. The first-order valence-electron chi connectivity index (χ1n) is 8.54. The van der Waals surface area contributed by atoms with Crippen LogP contribution in [0.4, 0.5) is 4.39 Å². The summed E-state index contributed by atoms with van der Waals surface area (Å²) in [7, 11) is 0. The summed E-state index contributed by atoms with van der Waals surface area (Å²) >= 11 is 0. The fourth-order valence-corrected chi connectivity index (χ4v) is 4.48. The second-order valence-corrected chi connectivity index (χ2v) is 7.18. The van der Waals surface area contributed by atoms with E-state index in [4.69, 9.17) is 0 Å². The number of aliphatic carboxylic acids is 1. The molecule has 0 bridgehead atoms. The van der Waals surface area contributed by atoms with Gasteiger partial charge in [-0.05, 0) is 49.3 Å². The van der Waals surface area contributed by atoms with Crippen LogP contribution in [0.15, 0.2) is 12.1 Å². The minimum Gasteiger partial charge on any atom is -0.481 e. The number of halogens is 1. The first kappa shape index (κ1) is 15.2. The lowest BCUT2D eigenvalue weighted by Gasteiger charge is -2.39. The van der Waals surface area contributed by atoms with Crippen molar-refractivity contribution in [3.05, 3.63) is 34.8 Å². The number of aryl methyl sites for hydroxylation is 1. The molecule has 1 atom stereocenters. The number of hydrogen-bond donors (Lipinski definition) is 2. The van der Waals surface area contributed by atoms with Crippen molar-refractivity contribution >= 4 is 16.9 Å². The molecule has 1 unspecified atom stereocenters. The van der Waals surface area contributed by atoms with Crippen LogP contribution in [0.5, 0.6) is 0 Å². The molecule has 0 aliphatic heterocycles. The lowest BCUT2D eigenvalue weighted by atomic mass is 9.65. The van der Waals surface area contributed by atoms with Crippen molar-refractivity contribution in [1.82, 2.24) is 4.98 Å². The third-order valence-corrected chi connectivity index (χ3v) is 5.91.